The Bertz CT molecular complexity index is 1000. The lowest BCUT2D eigenvalue weighted by Gasteiger charge is -2.06. The second-order valence-corrected chi connectivity index (χ2v) is 8.32. The fraction of sp³-hybridized carbons (Fsp3) is 0.105. The standard InChI is InChI=1S/C19H18N2O2S2/c1-14-6-8-16(9-7-14)10-11-25(22,23)21-18-5-3-4-17(12-18)19-13-24-15(2)20-19/h3-13,21H,1-2H3/b11-10+. The van der Waals surface area contributed by atoms with Gasteiger partial charge in [-0.2, -0.15) is 0 Å². The molecule has 0 saturated heterocycles. The van der Waals surface area contributed by atoms with E-state index in [4.69, 9.17) is 0 Å². The van der Waals surface area contributed by atoms with Gasteiger partial charge in [0.25, 0.3) is 10.0 Å². The number of hydrogen-bond acceptors (Lipinski definition) is 4. The highest BCUT2D eigenvalue weighted by Gasteiger charge is 2.08. The minimum absolute atomic E-state index is 0.511. The highest BCUT2D eigenvalue weighted by Crippen LogP contribution is 2.24. The van der Waals surface area contributed by atoms with Gasteiger partial charge in [0.1, 0.15) is 0 Å². The van der Waals surface area contributed by atoms with Crippen LogP contribution in [0.25, 0.3) is 17.3 Å². The molecule has 0 amide bonds. The zero-order valence-corrected chi connectivity index (χ0v) is 15.6. The summed E-state index contributed by atoms with van der Waals surface area (Å²) >= 11 is 1.56. The predicted molar refractivity (Wildman–Crippen MR) is 105 cm³/mol. The summed E-state index contributed by atoms with van der Waals surface area (Å²) in [5, 5.41) is 4.11. The molecule has 0 unspecified atom stereocenters. The lowest BCUT2D eigenvalue weighted by atomic mass is 10.1. The minimum atomic E-state index is -3.59. The Hall–Kier alpha value is -2.44. The third kappa shape index (κ3) is 4.78. The highest BCUT2D eigenvalue weighted by molar-refractivity contribution is 7.95. The first-order valence-corrected chi connectivity index (χ1v) is 10.1. The van der Waals surface area contributed by atoms with E-state index in [1.54, 1.807) is 29.5 Å². The van der Waals surface area contributed by atoms with Gasteiger partial charge in [-0.15, -0.1) is 11.3 Å². The van der Waals surface area contributed by atoms with Crippen molar-refractivity contribution < 1.29 is 8.42 Å². The molecule has 3 rings (SSSR count). The summed E-state index contributed by atoms with van der Waals surface area (Å²) in [4.78, 5) is 4.43. The third-order valence-electron chi connectivity index (χ3n) is 3.55. The van der Waals surface area contributed by atoms with Crippen LogP contribution < -0.4 is 4.72 Å². The second-order valence-electron chi connectivity index (χ2n) is 5.69. The molecule has 0 saturated carbocycles. The van der Waals surface area contributed by atoms with Crippen molar-refractivity contribution in [1.29, 1.82) is 0 Å². The topological polar surface area (TPSA) is 59.1 Å². The van der Waals surface area contributed by atoms with Crippen LogP contribution in [0.15, 0.2) is 59.3 Å². The lowest BCUT2D eigenvalue weighted by Crippen LogP contribution is -2.08. The third-order valence-corrected chi connectivity index (χ3v) is 5.34. The average molecular weight is 370 g/mol. The fourth-order valence-corrected chi connectivity index (χ4v) is 3.76. The Morgan fingerprint density at radius 2 is 1.84 bits per heavy atom. The minimum Gasteiger partial charge on any atom is -0.280 e. The summed E-state index contributed by atoms with van der Waals surface area (Å²) in [5.74, 6) is 0. The second kappa shape index (κ2) is 7.21. The Morgan fingerprint density at radius 1 is 1.08 bits per heavy atom. The zero-order valence-electron chi connectivity index (χ0n) is 13.9. The molecule has 0 aliphatic rings. The number of nitrogens with zero attached hydrogens (tertiary/aromatic N) is 1. The van der Waals surface area contributed by atoms with Crippen LogP contribution in [-0.4, -0.2) is 13.4 Å². The molecule has 0 radical (unpaired) electrons. The monoisotopic (exact) mass is 370 g/mol. The van der Waals surface area contributed by atoms with E-state index in [0.29, 0.717) is 5.69 Å². The van der Waals surface area contributed by atoms with E-state index >= 15 is 0 Å². The van der Waals surface area contributed by atoms with Crippen molar-refractivity contribution >= 4 is 33.1 Å². The number of thiazole rings is 1. The summed E-state index contributed by atoms with van der Waals surface area (Å²) in [6.45, 7) is 3.93. The molecule has 0 aliphatic heterocycles. The number of rotatable bonds is 5. The van der Waals surface area contributed by atoms with E-state index in [9.17, 15) is 8.42 Å². The molecule has 25 heavy (non-hydrogen) atoms. The first kappa shape index (κ1) is 17.4. The van der Waals surface area contributed by atoms with Crippen molar-refractivity contribution in [2.75, 3.05) is 4.72 Å². The highest BCUT2D eigenvalue weighted by atomic mass is 32.2. The van der Waals surface area contributed by atoms with Crippen LogP contribution in [0.2, 0.25) is 0 Å². The van der Waals surface area contributed by atoms with E-state index in [0.717, 1.165) is 27.4 Å². The number of anilines is 1. The number of sulfonamides is 1. The molecule has 0 spiro atoms. The smallest absolute Gasteiger partial charge is 0.255 e. The molecule has 3 aromatic rings. The molecule has 2 aromatic carbocycles. The van der Waals surface area contributed by atoms with Gasteiger partial charge in [0.2, 0.25) is 0 Å². The Balaban J connectivity index is 1.77. The van der Waals surface area contributed by atoms with Crippen molar-refractivity contribution in [3.05, 3.63) is 75.5 Å². The van der Waals surface area contributed by atoms with Gasteiger partial charge in [-0.25, -0.2) is 13.4 Å². The van der Waals surface area contributed by atoms with Gasteiger partial charge in [-0.1, -0.05) is 42.0 Å². The average Bonchev–Trinajstić information content (AvgIpc) is 3.01. The molecule has 4 nitrogen and oxygen atoms in total. The Morgan fingerprint density at radius 3 is 2.52 bits per heavy atom. The van der Waals surface area contributed by atoms with E-state index in [-0.39, 0.29) is 0 Å². The summed E-state index contributed by atoms with van der Waals surface area (Å²) in [5.41, 5.74) is 4.21. The normalized spacial score (nSPS) is 11.8. The fourth-order valence-electron chi connectivity index (χ4n) is 2.28. The van der Waals surface area contributed by atoms with Crippen LogP contribution in [0.3, 0.4) is 0 Å². The molecule has 6 heteroatoms. The van der Waals surface area contributed by atoms with Crippen molar-refractivity contribution in [3.63, 3.8) is 0 Å². The molecule has 1 N–H and O–H groups in total. The van der Waals surface area contributed by atoms with Gasteiger partial charge in [0, 0.05) is 16.6 Å². The first-order valence-electron chi connectivity index (χ1n) is 7.71. The first-order chi connectivity index (χ1) is 11.9. The largest absolute Gasteiger partial charge is 0.280 e. The van der Waals surface area contributed by atoms with E-state index in [2.05, 4.69) is 9.71 Å². The summed E-state index contributed by atoms with van der Waals surface area (Å²) in [7, 11) is -3.59. The van der Waals surface area contributed by atoms with E-state index < -0.39 is 10.0 Å². The van der Waals surface area contributed by atoms with Gasteiger partial charge >= 0.3 is 0 Å². The number of aromatic nitrogens is 1. The molecule has 0 fully saturated rings. The van der Waals surface area contributed by atoms with Crippen molar-refractivity contribution in [2.24, 2.45) is 0 Å². The number of benzene rings is 2. The summed E-state index contributed by atoms with van der Waals surface area (Å²) in [6, 6.07) is 14.9. The number of aryl methyl sites for hydroxylation is 2. The van der Waals surface area contributed by atoms with Crippen LogP contribution in [0.1, 0.15) is 16.1 Å². The molecular weight excluding hydrogens is 352 g/mol. The van der Waals surface area contributed by atoms with E-state index in [1.165, 1.54) is 5.41 Å². The van der Waals surface area contributed by atoms with Crippen LogP contribution in [0, 0.1) is 13.8 Å². The SMILES string of the molecule is Cc1ccc(/C=C/S(=O)(=O)Nc2cccc(-c3csc(C)n3)c2)cc1. The van der Waals surface area contributed by atoms with Crippen LogP contribution in [-0.2, 0) is 10.0 Å². The number of nitrogens with one attached hydrogen (secondary N) is 1. The summed E-state index contributed by atoms with van der Waals surface area (Å²) in [6.07, 6.45) is 1.58. The predicted octanol–water partition coefficient (Wildman–Crippen LogP) is 4.84. The summed E-state index contributed by atoms with van der Waals surface area (Å²) < 4.78 is 27.1. The van der Waals surface area contributed by atoms with Crippen molar-refractivity contribution in [1.82, 2.24) is 4.98 Å². The maximum Gasteiger partial charge on any atom is 0.255 e. The lowest BCUT2D eigenvalue weighted by molar-refractivity contribution is 0.609. The van der Waals surface area contributed by atoms with Crippen molar-refractivity contribution in [2.45, 2.75) is 13.8 Å². The molecular formula is C19H18N2O2S2. The van der Waals surface area contributed by atoms with Crippen molar-refractivity contribution in [3.8, 4) is 11.3 Å². The van der Waals surface area contributed by atoms with Gasteiger partial charge in [-0.05, 0) is 37.6 Å². The quantitative estimate of drug-likeness (QED) is 0.699. The van der Waals surface area contributed by atoms with Gasteiger partial charge in [-0.3, -0.25) is 4.72 Å². The Kier molecular flexibility index (Phi) is 5.01. The van der Waals surface area contributed by atoms with Crippen LogP contribution in [0.5, 0.6) is 0 Å². The van der Waals surface area contributed by atoms with Crippen LogP contribution in [0.4, 0.5) is 5.69 Å². The van der Waals surface area contributed by atoms with Crippen LogP contribution >= 0.6 is 11.3 Å². The molecule has 0 atom stereocenters. The van der Waals surface area contributed by atoms with Gasteiger partial charge in [0.05, 0.1) is 16.1 Å². The van der Waals surface area contributed by atoms with Gasteiger partial charge < -0.3 is 0 Å². The number of hydrogen-bond donors (Lipinski definition) is 1. The maximum atomic E-state index is 12.3. The van der Waals surface area contributed by atoms with E-state index in [1.807, 2.05) is 55.6 Å². The molecule has 1 aromatic heterocycles. The Labute approximate surface area is 151 Å². The zero-order chi connectivity index (χ0) is 17.9. The maximum absolute atomic E-state index is 12.3. The molecule has 128 valence electrons. The molecule has 0 aliphatic carbocycles. The van der Waals surface area contributed by atoms with Gasteiger partial charge in [0.15, 0.2) is 0 Å². The molecule has 1 heterocycles. The molecule has 0 bridgehead atoms.